The van der Waals surface area contributed by atoms with Gasteiger partial charge in [-0.25, -0.2) is 0 Å². The van der Waals surface area contributed by atoms with Crippen LogP contribution in [0.25, 0.3) is 0 Å². The van der Waals surface area contributed by atoms with Gasteiger partial charge in [-0.1, -0.05) is 0 Å². The zero-order valence-corrected chi connectivity index (χ0v) is 12.0. The van der Waals surface area contributed by atoms with Gasteiger partial charge in [0.05, 0.1) is 18.4 Å². The molecule has 1 fully saturated rings. The summed E-state index contributed by atoms with van der Waals surface area (Å²) in [7, 11) is 0. The van der Waals surface area contributed by atoms with Crippen LogP contribution in [-0.2, 0) is 0 Å². The minimum atomic E-state index is 0.0326. The molecule has 0 radical (unpaired) electrons. The lowest BCUT2D eigenvalue weighted by Crippen LogP contribution is -2.39. The predicted octanol–water partition coefficient (Wildman–Crippen LogP) is 1.48. The van der Waals surface area contributed by atoms with Crippen LogP contribution in [0.4, 0.5) is 0 Å². The first-order valence-corrected chi connectivity index (χ1v) is 7.36. The van der Waals surface area contributed by atoms with E-state index in [4.69, 9.17) is 9.47 Å². The maximum atomic E-state index is 12.6. The van der Waals surface area contributed by atoms with E-state index in [1.165, 1.54) is 0 Å². The van der Waals surface area contributed by atoms with Crippen molar-refractivity contribution in [3.63, 3.8) is 0 Å². The highest BCUT2D eigenvalue weighted by Gasteiger charge is 2.26. The monoisotopic (exact) mass is 300 g/mol. The molecular formula is C15H16N4O3. The highest BCUT2D eigenvalue weighted by atomic mass is 16.7. The number of carbonyl (C=O) groups excluding carboxylic acids is 1. The fourth-order valence-corrected chi connectivity index (χ4v) is 2.93. The number of nitrogens with zero attached hydrogens (tertiary/aromatic N) is 4. The lowest BCUT2D eigenvalue weighted by Gasteiger charge is -2.31. The molecule has 1 amide bonds. The van der Waals surface area contributed by atoms with Gasteiger partial charge in [0, 0.05) is 18.7 Å². The minimum Gasteiger partial charge on any atom is -0.454 e. The summed E-state index contributed by atoms with van der Waals surface area (Å²) >= 11 is 0. The molecular weight excluding hydrogens is 284 g/mol. The summed E-state index contributed by atoms with van der Waals surface area (Å²) in [6.45, 7) is 1.63. The molecule has 0 atom stereocenters. The highest BCUT2D eigenvalue weighted by molar-refractivity contribution is 5.95. The van der Waals surface area contributed by atoms with Crippen molar-refractivity contribution in [2.24, 2.45) is 0 Å². The van der Waals surface area contributed by atoms with Gasteiger partial charge in [-0.15, -0.1) is 0 Å². The van der Waals surface area contributed by atoms with Crippen LogP contribution in [0.5, 0.6) is 11.5 Å². The maximum Gasteiger partial charge on any atom is 0.253 e. The molecule has 0 bridgehead atoms. The summed E-state index contributed by atoms with van der Waals surface area (Å²) in [5, 5.41) is 8.36. The fourth-order valence-electron chi connectivity index (χ4n) is 2.93. The van der Waals surface area contributed by atoms with Crippen molar-refractivity contribution in [3.05, 3.63) is 36.2 Å². The number of fused-ring (bicyclic) bond motifs is 1. The van der Waals surface area contributed by atoms with Crippen molar-refractivity contribution < 1.29 is 14.3 Å². The summed E-state index contributed by atoms with van der Waals surface area (Å²) in [5.74, 6) is 1.37. The molecule has 0 spiro atoms. The summed E-state index contributed by atoms with van der Waals surface area (Å²) in [6, 6.07) is 5.61. The Morgan fingerprint density at radius 2 is 1.82 bits per heavy atom. The number of hydrogen-bond acceptors (Lipinski definition) is 5. The van der Waals surface area contributed by atoms with E-state index in [-0.39, 0.29) is 18.7 Å². The number of carbonyl (C=O) groups is 1. The third kappa shape index (κ3) is 2.28. The number of likely N-dealkylation sites (tertiary alicyclic amines) is 1. The van der Waals surface area contributed by atoms with Crippen LogP contribution in [-0.4, -0.2) is 45.7 Å². The van der Waals surface area contributed by atoms with E-state index in [0.29, 0.717) is 30.2 Å². The molecule has 22 heavy (non-hydrogen) atoms. The molecule has 1 saturated heterocycles. The molecule has 4 rings (SSSR count). The van der Waals surface area contributed by atoms with Gasteiger partial charge in [0.15, 0.2) is 11.5 Å². The van der Waals surface area contributed by atoms with E-state index in [1.54, 1.807) is 35.4 Å². The standard InChI is InChI=1S/C15H16N4O3/c20-15(11-1-2-13-14(9-11)22-10-21-13)18-7-3-12(4-8-18)19-16-5-6-17-19/h1-2,5-6,9,12H,3-4,7-8,10H2. The molecule has 7 heteroatoms. The number of hydrogen-bond donors (Lipinski definition) is 0. The Kier molecular flexibility index (Phi) is 3.17. The van der Waals surface area contributed by atoms with Crippen molar-refractivity contribution in [1.29, 1.82) is 0 Å². The third-order valence-corrected chi connectivity index (χ3v) is 4.13. The number of piperidine rings is 1. The van der Waals surface area contributed by atoms with Crippen LogP contribution < -0.4 is 9.47 Å². The second-order valence-corrected chi connectivity index (χ2v) is 5.44. The molecule has 1 aromatic heterocycles. The number of aromatic nitrogens is 3. The first kappa shape index (κ1) is 13.1. The number of benzene rings is 1. The second-order valence-electron chi connectivity index (χ2n) is 5.44. The minimum absolute atomic E-state index is 0.0326. The van der Waals surface area contributed by atoms with Gasteiger partial charge in [-0.2, -0.15) is 15.0 Å². The maximum absolute atomic E-state index is 12.6. The van der Waals surface area contributed by atoms with Crippen LogP contribution in [0.1, 0.15) is 29.2 Å². The Labute approximate surface area is 127 Å². The first-order chi connectivity index (χ1) is 10.8. The molecule has 2 aromatic rings. The van der Waals surface area contributed by atoms with Crippen molar-refractivity contribution >= 4 is 5.91 Å². The predicted molar refractivity (Wildman–Crippen MR) is 76.8 cm³/mol. The van der Waals surface area contributed by atoms with Crippen LogP contribution >= 0.6 is 0 Å². The van der Waals surface area contributed by atoms with E-state index in [1.807, 2.05) is 4.90 Å². The Balaban J connectivity index is 1.44. The molecule has 1 aromatic carbocycles. The van der Waals surface area contributed by atoms with Crippen LogP contribution in [0.3, 0.4) is 0 Å². The Hall–Kier alpha value is -2.57. The van der Waals surface area contributed by atoms with Crippen molar-refractivity contribution in [2.75, 3.05) is 19.9 Å². The number of ether oxygens (including phenoxy) is 2. The molecule has 7 nitrogen and oxygen atoms in total. The molecule has 0 N–H and O–H groups in total. The van der Waals surface area contributed by atoms with Gasteiger partial charge in [-0.3, -0.25) is 4.79 Å². The quantitative estimate of drug-likeness (QED) is 0.840. The Bertz CT molecular complexity index is 678. The summed E-state index contributed by atoms with van der Waals surface area (Å²) in [6.07, 6.45) is 5.10. The van der Waals surface area contributed by atoms with E-state index in [0.717, 1.165) is 12.8 Å². The first-order valence-electron chi connectivity index (χ1n) is 7.36. The number of amides is 1. The molecule has 0 saturated carbocycles. The summed E-state index contributed by atoms with van der Waals surface area (Å²) < 4.78 is 10.6. The smallest absolute Gasteiger partial charge is 0.253 e. The van der Waals surface area contributed by atoms with Gasteiger partial charge >= 0.3 is 0 Å². The van der Waals surface area contributed by atoms with Gasteiger partial charge in [0.25, 0.3) is 5.91 Å². The van der Waals surface area contributed by atoms with Gasteiger partial charge in [0.1, 0.15) is 0 Å². The zero-order valence-electron chi connectivity index (χ0n) is 12.0. The van der Waals surface area contributed by atoms with E-state index in [2.05, 4.69) is 10.2 Å². The molecule has 0 unspecified atom stereocenters. The molecule has 0 aliphatic carbocycles. The molecule has 2 aliphatic heterocycles. The zero-order chi connectivity index (χ0) is 14.9. The highest BCUT2D eigenvalue weighted by Crippen LogP contribution is 2.33. The fraction of sp³-hybridized carbons (Fsp3) is 0.400. The largest absolute Gasteiger partial charge is 0.454 e. The van der Waals surface area contributed by atoms with Crippen molar-refractivity contribution in [2.45, 2.75) is 18.9 Å². The third-order valence-electron chi connectivity index (χ3n) is 4.13. The normalized spacial score (nSPS) is 17.7. The van der Waals surface area contributed by atoms with Crippen LogP contribution in [0.15, 0.2) is 30.6 Å². The Morgan fingerprint density at radius 1 is 1.09 bits per heavy atom. The van der Waals surface area contributed by atoms with Crippen LogP contribution in [0, 0.1) is 0 Å². The van der Waals surface area contributed by atoms with Gasteiger partial charge in [-0.05, 0) is 31.0 Å². The van der Waals surface area contributed by atoms with Gasteiger partial charge < -0.3 is 14.4 Å². The van der Waals surface area contributed by atoms with E-state index in [9.17, 15) is 4.79 Å². The summed E-state index contributed by atoms with van der Waals surface area (Å²) in [5.41, 5.74) is 0.639. The van der Waals surface area contributed by atoms with E-state index < -0.39 is 0 Å². The number of rotatable bonds is 2. The van der Waals surface area contributed by atoms with E-state index >= 15 is 0 Å². The molecule has 114 valence electrons. The van der Waals surface area contributed by atoms with Crippen molar-refractivity contribution in [1.82, 2.24) is 19.9 Å². The molecule has 2 aliphatic rings. The Morgan fingerprint density at radius 3 is 2.59 bits per heavy atom. The topological polar surface area (TPSA) is 69.5 Å². The van der Waals surface area contributed by atoms with Crippen LogP contribution in [0.2, 0.25) is 0 Å². The average Bonchev–Trinajstić information content (AvgIpc) is 3.25. The average molecular weight is 300 g/mol. The SMILES string of the molecule is O=C(c1ccc2c(c1)OCO2)N1CCC(n2nccn2)CC1. The lowest BCUT2D eigenvalue weighted by atomic mass is 10.0. The molecule has 3 heterocycles. The lowest BCUT2D eigenvalue weighted by molar-refractivity contribution is 0.0683. The van der Waals surface area contributed by atoms with Crippen molar-refractivity contribution in [3.8, 4) is 11.5 Å². The second kappa shape index (κ2) is 5.32. The van der Waals surface area contributed by atoms with Gasteiger partial charge in [0.2, 0.25) is 6.79 Å². The summed E-state index contributed by atoms with van der Waals surface area (Å²) in [4.78, 5) is 16.2.